The van der Waals surface area contributed by atoms with Crippen LogP contribution in [-0.2, 0) is 6.54 Å². The van der Waals surface area contributed by atoms with E-state index < -0.39 is 0 Å². The number of anilines is 1. The average Bonchev–Trinajstić information content (AvgIpc) is 3.10. The van der Waals surface area contributed by atoms with E-state index in [1.165, 1.54) is 24.1 Å². The average molecular weight is 367 g/mol. The predicted molar refractivity (Wildman–Crippen MR) is 108 cm³/mol. The zero-order valence-electron chi connectivity index (χ0n) is 16.7. The van der Waals surface area contributed by atoms with Gasteiger partial charge < -0.3 is 9.80 Å². The van der Waals surface area contributed by atoms with Gasteiger partial charge in [-0.05, 0) is 58.0 Å². The number of hydrogen-bond acceptors (Lipinski definition) is 6. The van der Waals surface area contributed by atoms with Gasteiger partial charge in [0.05, 0.1) is 17.4 Å². The molecule has 6 nitrogen and oxygen atoms in total. The van der Waals surface area contributed by atoms with Crippen LogP contribution in [0.3, 0.4) is 0 Å². The van der Waals surface area contributed by atoms with Crippen molar-refractivity contribution in [3.63, 3.8) is 0 Å². The van der Waals surface area contributed by atoms with Crippen molar-refractivity contribution in [2.24, 2.45) is 0 Å². The van der Waals surface area contributed by atoms with Crippen LogP contribution in [0.4, 0.5) is 5.82 Å². The van der Waals surface area contributed by atoms with Gasteiger partial charge in [-0.1, -0.05) is 0 Å². The summed E-state index contributed by atoms with van der Waals surface area (Å²) < 4.78 is 0. The van der Waals surface area contributed by atoms with Crippen molar-refractivity contribution in [3.8, 4) is 0 Å². The Morgan fingerprint density at radius 1 is 1.04 bits per heavy atom. The molecule has 2 saturated heterocycles. The van der Waals surface area contributed by atoms with Gasteiger partial charge in [-0.25, -0.2) is 9.97 Å². The highest BCUT2D eigenvalue weighted by atomic mass is 15.3. The molecule has 0 saturated carbocycles. The van der Waals surface area contributed by atoms with Gasteiger partial charge in [0.15, 0.2) is 0 Å². The van der Waals surface area contributed by atoms with Gasteiger partial charge in [0.1, 0.15) is 11.6 Å². The highest BCUT2D eigenvalue weighted by molar-refractivity contribution is 5.40. The number of aryl methyl sites for hydroxylation is 2. The summed E-state index contributed by atoms with van der Waals surface area (Å²) in [5.74, 6) is 1.95. The van der Waals surface area contributed by atoms with Crippen molar-refractivity contribution >= 4 is 5.82 Å². The summed E-state index contributed by atoms with van der Waals surface area (Å²) in [4.78, 5) is 21.4. The number of likely N-dealkylation sites (N-methyl/N-ethyl adjacent to an activating group) is 1. The van der Waals surface area contributed by atoms with E-state index in [0.29, 0.717) is 6.04 Å². The zero-order valence-corrected chi connectivity index (χ0v) is 16.7. The first-order valence-electron chi connectivity index (χ1n) is 10.0. The first-order chi connectivity index (χ1) is 13.1. The fraction of sp³-hybridized carbons (Fsp3) is 0.571. The monoisotopic (exact) mass is 366 g/mol. The van der Waals surface area contributed by atoms with E-state index in [1.54, 1.807) is 0 Å². The molecule has 2 aliphatic rings. The van der Waals surface area contributed by atoms with Crippen LogP contribution in [0.15, 0.2) is 24.4 Å². The number of piperazine rings is 1. The maximum Gasteiger partial charge on any atom is 0.132 e. The molecule has 0 amide bonds. The molecule has 0 spiro atoms. The molecule has 1 atom stereocenters. The standard InChI is InChI=1S/C21H30N6/c1-16-6-7-22-19(13-16)20-5-4-8-27(20)15-18-14-21(24-17(2)23-18)26-11-9-25(3)10-12-26/h6-7,13-14,20H,4-5,8-12,15H2,1-3H3. The van der Waals surface area contributed by atoms with Gasteiger partial charge in [-0.3, -0.25) is 9.88 Å². The van der Waals surface area contributed by atoms with E-state index in [9.17, 15) is 0 Å². The van der Waals surface area contributed by atoms with Gasteiger partial charge in [0.2, 0.25) is 0 Å². The molecule has 0 aliphatic carbocycles. The molecule has 2 fully saturated rings. The minimum atomic E-state index is 0.396. The number of rotatable bonds is 4. The first kappa shape index (κ1) is 18.3. The minimum Gasteiger partial charge on any atom is -0.354 e. The molecule has 1 unspecified atom stereocenters. The maximum absolute atomic E-state index is 4.74. The molecule has 2 aromatic rings. The lowest BCUT2D eigenvalue weighted by molar-refractivity contribution is 0.241. The lowest BCUT2D eigenvalue weighted by Crippen LogP contribution is -2.45. The summed E-state index contributed by atoms with van der Waals surface area (Å²) in [6.07, 6.45) is 4.32. The van der Waals surface area contributed by atoms with Crippen LogP contribution in [0, 0.1) is 13.8 Å². The second-order valence-corrected chi connectivity index (χ2v) is 7.94. The summed E-state index contributed by atoms with van der Waals surface area (Å²) in [7, 11) is 2.18. The van der Waals surface area contributed by atoms with E-state index >= 15 is 0 Å². The fourth-order valence-corrected chi connectivity index (χ4v) is 4.19. The molecule has 4 rings (SSSR count). The second kappa shape index (κ2) is 7.90. The predicted octanol–water partition coefficient (Wildman–Crippen LogP) is 2.58. The minimum absolute atomic E-state index is 0.396. The van der Waals surface area contributed by atoms with Crippen LogP contribution in [0.5, 0.6) is 0 Å². The number of likely N-dealkylation sites (tertiary alicyclic amines) is 1. The van der Waals surface area contributed by atoms with Gasteiger partial charge in [0, 0.05) is 45.0 Å². The van der Waals surface area contributed by atoms with E-state index in [0.717, 1.165) is 56.6 Å². The van der Waals surface area contributed by atoms with Crippen molar-refractivity contribution in [3.05, 3.63) is 47.2 Å². The molecule has 0 bridgehead atoms. The maximum atomic E-state index is 4.74. The number of nitrogens with zero attached hydrogens (tertiary/aromatic N) is 6. The van der Waals surface area contributed by atoms with Crippen LogP contribution >= 0.6 is 0 Å². The quantitative estimate of drug-likeness (QED) is 0.829. The highest BCUT2D eigenvalue weighted by Gasteiger charge is 2.28. The van der Waals surface area contributed by atoms with E-state index in [2.05, 4.69) is 51.9 Å². The Hall–Kier alpha value is -2.05. The topological polar surface area (TPSA) is 48.4 Å². The lowest BCUT2D eigenvalue weighted by atomic mass is 10.1. The van der Waals surface area contributed by atoms with Crippen LogP contribution in [-0.4, -0.2) is 64.5 Å². The first-order valence-corrected chi connectivity index (χ1v) is 10.0. The molecule has 6 heteroatoms. The van der Waals surface area contributed by atoms with Crippen molar-refractivity contribution in [1.29, 1.82) is 0 Å². The van der Waals surface area contributed by atoms with Crippen molar-refractivity contribution < 1.29 is 0 Å². The third kappa shape index (κ3) is 4.28. The molecule has 0 aromatic carbocycles. The summed E-state index contributed by atoms with van der Waals surface area (Å²) >= 11 is 0. The Bertz CT molecular complexity index is 784. The molecule has 0 N–H and O–H groups in total. The highest BCUT2D eigenvalue weighted by Crippen LogP contribution is 2.32. The van der Waals surface area contributed by atoms with Gasteiger partial charge in [-0.2, -0.15) is 0 Å². The van der Waals surface area contributed by atoms with Gasteiger partial charge in [-0.15, -0.1) is 0 Å². The van der Waals surface area contributed by atoms with Crippen LogP contribution in [0.25, 0.3) is 0 Å². The normalized spacial score (nSPS) is 21.7. The summed E-state index contributed by atoms with van der Waals surface area (Å²) in [5.41, 5.74) is 3.59. The molecule has 2 aromatic heterocycles. The zero-order chi connectivity index (χ0) is 18.8. The third-order valence-corrected chi connectivity index (χ3v) is 5.71. The van der Waals surface area contributed by atoms with Gasteiger partial charge in [0.25, 0.3) is 0 Å². The van der Waals surface area contributed by atoms with Gasteiger partial charge >= 0.3 is 0 Å². The molecule has 0 radical (unpaired) electrons. The van der Waals surface area contributed by atoms with Crippen LogP contribution in [0.2, 0.25) is 0 Å². The Kier molecular flexibility index (Phi) is 5.36. The summed E-state index contributed by atoms with van der Waals surface area (Å²) in [5, 5.41) is 0. The Labute approximate surface area is 162 Å². The second-order valence-electron chi connectivity index (χ2n) is 7.94. The molecular formula is C21H30N6. The Morgan fingerprint density at radius 3 is 2.63 bits per heavy atom. The molecule has 27 heavy (non-hydrogen) atoms. The third-order valence-electron chi connectivity index (χ3n) is 5.71. The smallest absolute Gasteiger partial charge is 0.132 e. The van der Waals surface area contributed by atoms with Crippen molar-refractivity contribution in [1.82, 2.24) is 24.8 Å². The number of hydrogen-bond donors (Lipinski definition) is 0. The van der Waals surface area contributed by atoms with E-state index in [1.807, 2.05) is 13.1 Å². The largest absolute Gasteiger partial charge is 0.354 e. The molecule has 2 aliphatic heterocycles. The molecular weight excluding hydrogens is 336 g/mol. The fourth-order valence-electron chi connectivity index (χ4n) is 4.19. The van der Waals surface area contributed by atoms with Crippen LogP contribution in [0.1, 0.15) is 41.7 Å². The number of aromatic nitrogens is 3. The van der Waals surface area contributed by atoms with E-state index in [-0.39, 0.29) is 0 Å². The van der Waals surface area contributed by atoms with Crippen molar-refractivity contribution in [2.75, 3.05) is 44.7 Å². The molecule has 4 heterocycles. The van der Waals surface area contributed by atoms with Crippen molar-refractivity contribution in [2.45, 2.75) is 39.3 Å². The van der Waals surface area contributed by atoms with E-state index in [4.69, 9.17) is 9.97 Å². The molecule has 144 valence electrons. The summed E-state index contributed by atoms with van der Waals surface area (Å²) in [6.45, 7) is 10.4. The Morgan fingerprint density at radius 2 is 1.85 bits per heavy atom. The Balaban J connectivity index is 1.51. The number of pyridine rings is 1. The van der Waals surface area contributed by atoms with Crippen LogP contribution < -0.4 is 4.90 Å². The SMILES string of the molecule is Cc1ccnc(C2CCCN2Cc2cc(N3CCN(C)CC3)nc(C)n2)c1. The lowest BCUT2D eigenvalue weighted by Gasteiger charge is -2.33. The summed E-state index contributed by atoms with van der Waals surface area (Å²) in [6, 6.07) is 6.88.